The fraction of sp³-hybridized carbons (Fsp3) is 0.333. The molecule has 1 amide bonds. The molecule has 0 heterocycles. The van der Waals surface area contributed by atoms with Gasteiger partial charge in [0.15, 0.2) is 17.7 Å². The molecule has 2 unspecified atom stereocenters. The van der Waals surface area contributed by atoms with E-state index in [1.165, 1.54) is 13.0 Å². The normalized spacial score (nSPS) is 12.9. The smallest absolute Gasteiger partial charge is 0.308 e. The van der Waals surface area contributed by atoms with Crippen LogP contribution in [0.25, 0.3) is 0 Å². The van der Waals surface area contributed by atoms with Crippen molar-refractivity contribution in [2.24, 2.45) is 0 Å². The topological polar surface area (TPSA) is 64.6 Å². The second-order valence-electron chi connectivity index (χ2n) is 6.55. The zero-order valence-corrected chi connectivity index (χ0v) is 15.9. The number of hydrogen-bond acceptors (Lipinski definition) is 4. The third-order valence-electron chi connectivity index (χ3n) is 3.83. The molecule has 0 aliphatic rings. The van der Waals surface area contributed by atoms with E-state index >= 15 is 0 Å². The van der Waals surface area contributed by atoms with Crippen molar-refractivity contribution in [3.05, 3.63) is 65.7 Å². The summed E-state index contributed by atoms with van der Waals surface area (Å²) in [6, 6.07) is 11.4. The van der Waals surface area contributed by atoms with Gasteiger partial charge in [0.2, 0.25) is 0 Å². The van der Waals surface area contributed by atoms with E-state index in [9.17, 15) is 18.4 Å². The third-order valence-corrected chi connectivity index (χ3v) is 3.83. The minimum absolute atomic E-state index is 0.0250. The number of hydrogen-bond donors (Lipinski definition) is 1. The summed E-state index contributed by atoms with van der Waals surface area (Å²) in [5.74, 6) is -2.99. The molecule has 0 aliphatic carbocycles. The van der Waals surface area contributed by atoms with Crippen molar-refractivity contribution in [1.82, 2.24) is 5.32 Å². The molecule has 28 heavy (non-hydrogen) atoms. The van der Waals surface area contributed by atoms with Crippen LogP contribution in [0.5, 0.6) is 5.75 Å². The Morgan fingerprint density at radius 2 is 1.68 bits per heavy atom. The van der Waals surface area contributed by atoms with Crippen molar-refractivity contribution >= 4 is 11.9 Å². The molecule has 0 bridgehead atoms. The maximum absolute atomic E-state index is 13.3. The van der Waals surface area contributed by atoms with Gasteiger partial charge in [0.25, 0.3) is 5.91 Å². The summed E-state index contributed by atoms with van der Waals surface area (Å²) in [5, 5.41) is 2.75. The molecule has 0 saturated heterocycles. The second-order valence-corrected chi connectivity index (χ2v) is 6.55. The Kier molecular flexibility index (Phi) is 7.49. The molecular weight excluding hydrogens is 368 g/mol. The summed E-state index contributed by atoms with van der Waals surface area (Å²) in [7, 11) is 0. The van der Waals surface area contributed by atoms with Crippen LogP contribution in [0.3, 0.4) is 0 Å². The Hall–Kier alpha value is -2.96. The van der Waals surface area contributed by atoms with E-state index in [4.69, 9.17) is 9.47 Å². The second kappa shape index (κ2) is 9.82. The lowest BCUT2D eigenvalue weighted by Crippen LogP contribution is -2.39. The van der Waals surface area contributed by atoms with Gasteiger partial charge < -0.3 is 14.8 Å². The summed E-state index contributed by atoms with van der Waals surface area (Å²) in [6.45, 7) is 4.96. The van der Waals surface area contributed by atoms with Gasteiger partial charge in [0.05, 0.1) is 18.6 Å². The predicted molar refractivity (Wildman–Crippen MR) is 99.6 cm³/mol. The first kappa shape index (κ1) is 21.3. The molecule has 7 heteroatoms. The lowest BCUT2D eigenvalue weighted by atomic mass is 10.0. The van der Waals surface area contributed by atoms with Crippen LogP contribution in [-0.2, 0) is 14.3 Å². The van der Waals surface area contributed by atoms with Crippen molar-refractivity contribution in [3.8, 4) is 5.75 Å². The molecule has 2 atom stereocenters. The highest BCUT2D eigenvalue weighted by Crippen LogP contribution is 2.20. The molecule has 0 aromatic heterocycles. The standard InChI is InChI=1S/C21H23F2NO4/c1-13(2)27-20(25)12-19(15-7-5-4-6-8-15)24-21(26)14(3)28-16-9-10-17(22)18(23)11-16/h4-11,13-14,19H,12H2,1-3H3,(H,24,26). The van der Waals surface area contributed by atoms with Gasteiger partial charge in [0, 0.05) is 6.07 Å². The SMILES string of the molecule is CC(C)OC(=O)CC(NC(=O)C(C)Oc1ccc(F)c(F)c1)c1ccccc1. The summed E-state index contributed by atoms with van der Waals surface area (Å²) in [6.07, 6.45) is -1.31. The minimum Gasteiger partial charge on any atom is -0.481 e. The van der Waals surface area contributed by atoms with Crippen LogP contribution in [-0.4, -0.2) is 24.1 Å². The number of ether oxygens (including phenoxy) is 2. The van der Waals surface area contributed by atoms with Crippen LogP contribution < -0.4 is 10.1 Å². The van der Waals surface area contributed by atoms with Crippen LogP contribution >= 0.6 is 0 Å². The molecule has 150 valence electrons. The quantitative estimate of drug-likeness (QED) is 0.693. The highest BCUT2D eigenvalue weighted by atomic mass is 19.2. The highest BCUT2D eigenvalue weighted by Gasteiger charge is 2.23. The van der Waals surface area contributed by atoms with Crippen molar-refractivity contribution in [3.63, 3.8) is 0 Å². The Morgan fingerprint density at radius 1 is 1.00 bits per heavy atom. The first-order chi connectivity index (χ1) is 13.3. The molecule has 0 fully saturated rings. The Balaban J connectivity index is 2.07. The van der Waals surface area contributed by atoms with Crippen molar-refractivity contribution in [1.29, 1.82) is 0 Å². The van der Waals surface area contributed by atoms with Crippen LogP contribution in [0.4, 0.5) is 8.78 Å². The largest absolute Gasteiger partial charge is 0.481 e. The number of carbonyl (C=O) groups excluding carboxylic acids is 2. The summed E-state index contributed by atoms with van der Waals surface area (Å²) >= 11 is 0. The van der Waals surface area contributed by atoms with Gasteiger partial charge in [0.1, 0.15) is 5.75 Å². The predicted octanol–water partition coefficient (Wildman–Crippen LogP) is 3.93. The van der Waals surface area contributed by atoms with Gasteiger partial charge in [-0.25, -0.2) is 8.78 Å². The molecule has 2 aromatic carbocycles. The van der Waals surface area contributed by atoms with Crippen molar-refractivity contribution < 1.29 is 27.8 Å². The number of rotatable bonds is 8. The molecule has 0 spiro atoms. The lowest BCUT2D eigenvalue weighted by molar-refractivity contribution is -0.148. The van der Waals surface area contributed by atoms with Gasteiger partial charge in [-0.1, -0.05) is 30.3 Å². The van der Waals surface area contributed by atoms with Gasteiger partial charge in [-0.15, -0.1) is 0 Å². The van der Waals surface area contributed by atoms with Crippen molar-refractivity contribution in [2.75, 3.05) is 0 Å². The molecule has 2 aromatic rings. The monoisotopic (exact) mass is 391 g/mol. The number of benzene rings is 2. The molecule has 5 nitrogen and oxygen atoms in total. The third kappa shape index (κ3) is 6.33. The maximum atomic E-state index is 13.3. The van der Waals surface area contributed by atoms with E-state index in [1.54, 1.807) is 38.1 Å². The molecule has 0 radical (unpaired) electrons. The maximum Gasteiger partial charge on any atom is 0.308 e. The highest BCUT2D eigenvalue weighted by molar-refractivity contribution is 5.82. The fourth-order valence-corrected chi connectivity index (χ4v) is 2.51. The number of halogens is 2. The van der Waals surface area contributed by atoms with Crippen LogP contribution in [0, 0.1) is 11.6 Å². The zero-order valence-electron chi connectivity index (χ0n) is 15.9. The number of nitrogens with one attached hydrogen (secondary N) is 1. The molecular formula is C21H23F2NO4. The first-order valence-electron chi connectivity index (χ1n) is 8.92. The van der Waals surface area contributed by atoms with Crippen LogP contribution in [0.1, 0.15) is 38.8 Å². The number of carbonyl (C=O) groups is 2. The van der Waals surface area contributed by atoms with Crippen LogP contribution in [0.15, 0.2) is 48.5 Å². The van der Waals surface area contributed by atoms with E-state index in [2.05, 4.69) is 5.32 Å². The average molecular weight is 391 g/mol. The van der Waals surface area contributed by atoms with Gasteiger partial charge in [-0.3, -0.25) is 9.59 Å². The fourth-order valence-electron chi connectivity index (χ4n) is 2.51. The van der Waals surface area contributed by atoms with Crippen molar-refractivity contribution in [2.45, 2.75) is 45.4 Å². The van der Waals surface area contributed by atoms with E-state index < -0.39 is 35.7 Å². The molecule has 2 rings (SSSR count). The molecule has 0 aliphatic heterocycles. The Bertz CT molecular complexity index is 811. The average Bonchev–Trinajstić information content (AvgIpc) is 2.64. The van der Waals surface area contributed by atoms with Crippen LogP contribution in [0.2, 0.25) is 0 Å². The number of amides is 1. The Labute approximate surface area is 162 Å². The van der Waals surface area contributed by atoms with Gasteiger partial charge in [-0.05, 0) is 38.5 Å². The Morgan fingerprint density at radius 3 is 2.29 bits per heavy atom. The lowest BCUT2D eigenvalue weighted by Gasteiger charge is -2.22. The van der Waals surface area contributed by atoms with E-state index in [-0.39, 0.29) is 18.3 Å². The summed E-state index contributed by atoms with van der Waals surface area (Å²) in [4.78, 5) is 24.6. The summed E-state index contributed by atoms with van der Waals surface area (Å²) < 4.78 is 36.9. The van der Waals surface area contributed by atoms with E-state index in [0.717, 1.165) is 17.7 Å². The zero-order chi connectivity index (χ0) is 20.7. The van der Waals surface area contributed by atoms with Gasteiger partial charge >= 0.3 is 5.97 Å². The molecule has 1 N–H and O–H groups in total. The van der Waals surface area contributed by atoms with E-state index in [1.807, 2.05) is 6.07 Å². The minimum atomic E-state index is -1.07. The van der Waals surface area contributed by atoms with E-state index in [0.29, 0.717) is 0 Å². The van der Waals surface area contributed by atoms with Gasteiger partial charge in [-0.2, -0.15) is 0 Å². The molecule has 0 saturated carbocycles. The first-order valence-corrected chi connectivity index (χ1v) is 8.92. The summed E-state index contributed by atoms with van der Waals surface area (Å²) in [5.41, 5.74) is 0.733. The number of esters is 1.